The Morgan fingerprint density at radius 3 is 3.00 bits per heavy atom. The minimum absolute atomic E-state index is 0.0771. The molecule has 0 saturated carbocycles. The second kappa shape index (κ2) is 5.64. The minimum Gasteiger partial charge on any atom is -0.472 e. The van der Waals surface area contributed by atoms with Crippen molar-refractivity contribution >= 4 is 18.5 Å². The van der Waals surface area contributed by atoms with Crippen molar-refractivity contribution in [3.8, 4) is 0 Å². The molecule has 0 radical (unpaired) electrons. The van der Waals surface area contributed by atoms with Crippen molar-refractivity contribution in [2.24, 2.45) is 0 Å². The maximum absolute atomic E-state index is 11.3. The molecule has 0 spiro atoms. The largest absolute Gasteiger partial charge is 0.472 e. The number of hydrogen-bond donors (Lipinski definition) is 1. The summed E-state index contributed by atoms with van der Waals surface area (Å²) in [7, 11) is 0. The molecule has 0 aromatic carbocycles. The van der Waals surface area contributed by atoms with Crippen LogP contribution in [0.25, 0.3) is 6.08 Å². The Morgan fingerprint density at radius 2 is 2.47 bits per heavy atom. The lowest BCUT2D eigenvalue weighted by atomic mass is 10.2. The van der Waals surface area contributed by atoms with Crippen molar-refractivity contribution in [1.29, 1.82) is 0 Å². The van der Waals surface area contributed by atoms with Crippen LogP contribution in [0.1, 0.15) is 12.5 Å². The average molecular weight is 209 g/mol. The summed E-state index contributed by atoms with van der Waals surface area (Å²) in [5.41, 5.74) is 0.751. The Balaban J connectivity index is 2.81. The first-order valence-corrected chi connectivity index (χ1v) is 4.39. The Morgan fingerprint density at radius 1 is 1.67 bits per heavy atom. The molecule has 1 aromatic heterocycles. The first-order chi connectivity index (χ1) is 7.27. The lowest BCUT2D eigenvalue weighted by Crippen LogP contribution is -2.20. The summed E-state index contributed by atoms with van der Waals surface area (Å²) in [6.45, 7) is 1.94. The number of nitrogens with one attached hydrogen (secondary N) is 1. The molecule has 5 nitrogen and oxygen atoms in total. The zero-order chi connectivity index (χ0) is 11.1. The van der Waals surface area contributed by atoms with Gasteiger partial charge in [0.25, 0.3) is 0 Å². The Hall–Kier alpha value is -2.04. The molecule has 0 aliphatic heterocycles. The summed E-state index contributed by atoms with van der Waals surface area (Å²) in [5.74, 6) is -0.578. The molecule has 1 amide bonds. The van der Waals surface area contributed by atoms with E-state index >= 15 is 0 Å². The molecule has 5 heteroatoms. The number of hydrogen-bond acceptors (Lipinski definition) is 4. The third kappa shape index (κ3) is 3.30. The summed E-state index contributed by atoms with van der Waals surface area (Å²) < 4.78 is 9.57. The van der Waals surface area contributed by atoms with Gasteiger partial charge in [0, 0.05) is 5.56 Å². The smallest absolute Gasteiger partial charge is 0.354 e. The summed E-state index contributed by atoms with van der Waals surface area (Å²) in [6, 6.07) is 1.66. The predicted molar refractivity (Wildman–Crippen MR) is 52.5 cm³/mol. The number of rotatable bonds is 5. The lowest BCUT2D eigenvalue weighted by Gasteiger charge is -2.03. The van der Waals surface area contributed by atoms with Gasteiger partial charge in [0.05, 0.1) is 19.1 Å². The summed E-state index contributed by atoms with van der Waals surface area (Å²) >= 11 is 0. The van der Waals surface area contributed by atoms with Crippen molar-refractivity contribution in [2.75, 3.05) is 6.61 Å². The Kier molecular flexibility index (Phi) is 4.15. The molecule has 0 saturated heterocycles. The van der Waals surface area contributed by atoms with Crippen LogP contribution in [-0.4, -0.2) is 19.0 Å². The summed E-state index contributed by atoms with van der Waals surface area (Å²) in [4.78, 5) is 21.6. The monoisotopic (exact) mass is 209 g/mol. The number of esters is 1. The van der Waals surface area contributed by atoms with Gasteiger partial charge >= 0.3 is 5.97 Å². The second-order valence-corrected chi connectivity index (χ2v) is 2.60. The molecule has 15 heavy (non-hydrogen) atoms. The predicted octanol–water partition coefficient (Wildman–Crippen LogP) is 0.930. The maximum atomic E-state index is 11.3. The topological polar surface area (TPSA) is 68.5 Å². The van der Waals surface area contributed by atoms with E-state index in [1.54, 1.807) is 13.0 Å². The SMILES string of the molecule is CCOC(=O)/C(=C\c1ccoc1)NC=O. The van der Waals surface area contributed by atoms with Gasteiger partial charge in [0.2, 0.25) is 6.41 Å². The lowest BCUT2D eigenvalue weighted by molar-refractivity contribution is -0.139. The van der Waals surface area contributed by atoms with Gasteiger partial charge in [-0.2, -0.15) is 0 Å². The minimum atomic E-state index is -0.578. The van der Waals surface area contributed by atoms with Crippen LogP contribution < -0.4 is 5.32 Å². The second-order valence-electron chi connectivity index (χ2n) is 2.60. The fourth-order valence-electron chi connectivity index (χ4n) is 0.956. The van der Waals surface area contributed by atoms with Crippen molar-refractivity contribution in [3.63, 3.8) is 0 Å². The highest BCUT2D eigenvalue weighted by Crippen LogP contribution is 2.06. The Bertz CT molecular complexity index is 354. The van der Waals surface area contributed by atoms with Crippen LogP contribution in [0.15, 0.2) is 28.7 Å². The maximum Gasteiger partial charge on any atom is 0.354 e. The van der Waals surface area contributed by atoms with E-state index in [2.05, 4.69) is 5.32 Å². The molecule has 1 rings (SSSR count). The van der Waals surface area contributed by atoms with Crippen LogP contribution in [0.5, 0.6) is 0 Å². The molecule has 1 aromatic rings. The molecule has 0 atom stereocenters. The molecule has 80 valence electrons. The summed E-state index contributed by atoms with van der Waals surface area (Å²) in [6.07, 6.45) is 4.81. The van der Waals surface area contributed by atoms with E-state index in [9.17, 15) is 9.59 Å². The Labute approximate surface area is 86.7 Å². The zero-order valence-corrected chi connectivity index (χ0v) is 8.23. The normalized spacial score (nSPS) is 10.9. The fourth-order valence-corrected chi connectivity index (χ4v) is 0.956. The molecular weight excluding hydrogens is 198 g/mol. The average Bonchev–Trinajstić information content (AvgIpc) is 2.70. The molecule has 1 N–H and O–H groups in total. The van der Waals surface area contributed by atoms with Gasteiger partial charge < -0.3 is 14.5 Å². The van der Waals surface area contributed by atoms with Gasteiger partial charge in [-0.1, -0.05) is 0 Å². The third-order valence-electron chi connectivity index (χ3n) is 1.56. The van der Waals surface area contributed by atoms with Gasteiger partial charge in [0.1, 0.15) is 5.70 Å². The van der Waals surface area contributed by atoms with Crippen molar-refractivity contribution in [2.45, 2.75) is 6.92 Å². The summed E-state index contributed by atoms with van der Waals surface area (Å²) in [5, 5.41) is 2.27. The van der Waals surface area contributed by atoms with Crippen LogP contribution in [-0.2, 0) is 14.3 Å². The van der Waals surface area contributed by atoms with Gasteiger partial charge in [-0.05, 0) is 19.1 Å². The van der Waals surface area contributed by atoms with Crippen LogP contribution >= 0.6 is 0 Å². The quantitative estimate of drug-likeness (QED) is 0.445. The molecule has 0 fully saturated rings. The molecule has 0 aliphatic carbocycles. The van der Waals surface area contributed by atoms with Gasteiger partial charge in [0.15, 0.2) is 0 Å². The van der Waals surface area contributed by atoms with Gasteiger partial charge in [-0.15, -0.1) is 0 Å². The molecular formula is C10H11NO4. The zero-order valence-electron chi connectivity index (χ0n) is 8.23. The third-order valence-corrected chi connectivity index (χ3v) is 1.56. The van der Waals surface area contributed by atoms with E-state index in [0.717, 1.165) is 0 Å². The van der Waals surface area contributed by atoms with E-state index in [0.29, 0.717) is 12.0 Å². The first-order valence-electron chi connectivity index (χ1n) is 4.39. The van der Waals surface area contributed by atoms with Crippen molar-refractivity contribution in [1.82, 2.24) is 5.32 Å². The van der Waals surface area contributed by atoms with Gasteiger partial charge in [-0.25, -0.2) is 4.79 Å². The van der Waals surface area contributed by atoms with Crippen molar-refractivity contribution in [3.05, 3.63) is 29.9 Å². The molecule has 0 unspecified atom stereocenters. The number of ether oxygens (including phenoxy) is 1. The number of amides is 1. The molecule has 0 aliphatic rings. The van der Waals surface area contributed by atoms with Crippen LogP contribution in [0.3, 0.4) is 0 Å². The highest BCUT2D eigenvalue weighted by molar-refractivity contribution is 5.95. The molecule has 0 bridgehead atoms. The van der Waals surface area contributed by atoms with Gasteiger partial charge in [-0.3, -0.25) is 4.79 Å². The van der Waals surface area contributed by atoms with Crippen LogP contribution in [0.4, 0.5) is 0 Å². The van der Waals surface area contributed by atoms with E-state index < -0.39 is 5.97 Å². The van der Waals surface area contributed by atoms with Crippen LogP contribution in [0.2, 0.25) is 0 Å². The van der Waals surface area contributed by atoms with E-state index in [1.165, 1.54) is 18.6 Å². The van der Waals surface area contributed by atoms with E-state index in [1.807, 2.05) is 0 Å². The van der Waals surface area contributed by atoms with E-state index in [-0.39, 0.29) is 12.3 Å². The highest BCUT2D eigenvalue weighted by Gasteiger charge is 2.09. The van der Waals surface area contributed by atoms with E-state index in [4.69, 9.17) is 9.15 Å². The number of carbonyl (C=O) groups is 2. The first kappa shape index (κ1) is 11.0. The van der Waals surface area contributed by atoms with Crippen LogP contribution in [0, 0.1) is 0 Å². The number of carbonyl (C=O) groups excluding carboxylic acids is 2. The molecule has 1 heterocycles. The number of furan rings is 1. The van der Waals surface area contributed by atoms with Crippen molar-refractivity contribution < 1.29 is 18.7 Å². The highest BCUT2D eigenvalue weighted by atomic mass is 16.5. The standard InChI is InChI=1S/C10H11NO4/c1-2-15-10(13)9(11-7-12)5-8-3-4-14-6-8/h3-7H,2H2,1H3,(H,11,12)/b9-5+. The fraction of sp³-hybridized carbons (Fsp3) is 0.200.